The highest BCUT2D eigenvalue weighted by Crippen LogP contribution is 2.34. The number of alkyl halides is 3. The van der Waals surface area contributed by atoms with Gasteiger partial charge in [-0.1, -0.05) is 49.5 Å². The second-order valence-corrected chi connectivity index (χ2v) is 14.6. The van der Waals surface area contributed by atoms with Gasteiger partial charge < -0.3 is 9.30 Å². The first kappa shape index (κ1) is 23.2. The lowest BCUT2D eigenvalue weighted by molar-refractivity contribution is -0.141. The summed E-state index contributed by atoms with van der Waals surface area (Å²) < 4.78 is 47.7. The molecule has 0 bridgehead atoms. The third-order valence-corrected chi connectivity index (χ3v) is 6.78. The standard InChI is InChI=1S/C23H28F3N3OSi/c1-16-6-8-18(9-7-16)20-11-10-19(14-27-20)22-28-21(23(24,25)26)17(2)29(22)15-30-12-13-31(3,4)5/h6-11,14H,12-13,15H2,1-5H3. The smallest absolute Gasteiger partial charge is 0.361 e. The van der Waals surface area contributed by atoms with E-state index < -0.39 is 19.9 Å². The fourth-order valence-corrected chi connectivity index (χ4v) is 3.89. The number of aromatic nitrogens is 3. The van der Waals surface area contributed by atoms with Crippen LogP contribution in [0.5, 0.6) is 0 Å². The normalized spacial score (nSPS) is 12.4. The Labute approximate surface area is 182 Å². The van der Waals surface area contributed by atoms with Crippen LogP contribution in [0.3, 0.4) is 0 Å². The van der Waals surface area contributed by atoms with Crippen LogP contribution in [0.1, 0.15) is 17.0 Å². The van der Waals surface area contributed by atoms with Gasteiger partial charge in [0.25, 0.3) is 0 Å². The number of pyridine rings is 1. The number of halogens is 3. The van der Waals surface area contributed by atoms with E-state index in [0.29, 0.717) is 12.2 Å². The molecule has 0 atom stereocenters. The molecule has 3 rings (SSSR count). The number of hydrogen-bond acceptors (Lipinski definition) is 3. The van der Waals surface area contributed by atoms with Crippen LogP contribution in [0.15, 0.2) is 42.6 Å². The van der Waals surface area contributed by atoms with E-state index in [1.807, 2.05) is 31.2 Å². The first-order valence-electron chi connectivity index (χ1n) is 10.2. The molecule has 0 saturated carbocycles. The van der Waals surface area contributed by atoms with E-state index in [1.54, 1.807) is 18.3 Å². The first-order valence-corrected chi connectivity index (χ1v) is 13.9. The fourth-order valence-electron chi connectivity index (χ4n) is 3.14. The molecule has 31 heavy (non-hydrogen) atoms. The Kier molecular flexibility index (Phi) is 6.71. The molecule has 0 amide bonds. The Hall–Kier alpha value is -2.45. The molecular weight excluding hydrogens is 419 g/mol. The summed E-state index contributed by atoms with van der Waals surface area (Å²) in [6.45, 7) is 10.7. The van der Waals surface area contributed by atoms with Crippen LogP contribution in [-0.4, -0.2) is 29.2 Å². The molecule has 0 radical (unpaired) electrons. The van der Waals surface area contributed by atoms with Crippen LogP contribution in [0, 0.1) is 13.8 Å². The summed E-state index contributed by atoms with van der Waals surface area (Å²) in [4.78, 5) is 8.38. The van der Waals surface area contributed by atoms with Gasteiger partial charge in [-0.15, -0.1) is 0 Å². The van der Waals surface area contributed by atoms with Gasteiger partial charge in [0, 0.05) is 37.7 Å². The monoisotopic (exact) mass is 447 g/mol. The molecule has 0 N–H and O–H groups in total. The van der Waals surface area contributed by atoms with E-state index in [9.17, 15) is 13.2 Å². The number of benzene rings is 1. The average Bonchev–Trinajstić information content (AvgIpc) is 3.02. The zero-order valence-corrected chi connectivity index (χ0v) is 19.5. The van der Waals surface area contributed by atoms with Crippen molar-refractivity contribution in [2.75, 3.05) is 6.61 Å². The number of nitrogens with zero attached hydrogens (tertiary/aromatic N) is 3. The Morgan fingerprint density at radius 1 is 0.968 bits per heavy atom. The van der Waals surface area contributed by atoms with Crippen molar-refractivity contribution in [3.05, 3.63) is 59.5 Å². The van der Waals surface area contributed by atoms with E-state index in [0.717, 1.165) is 22.9 Å². The minimum Gasteiger partial charge on any atom is -0.361 e. The number of rotatable bonds is 7. The molecule has 0 aliphatic rings. The summed E-state index contributed by atoms with van der Waals surface area (Å²) in [7, 11) is -1.29. The second-order valence-electron chi connectivity index (χ2n) is 8.94. The Morgan fingerprint density at radius 2 is 1.61 bits per heavy atom. The predicted octanol–water partition coefficient (Wildman–Crippen LogP) is 6.56. The van der Waals surface area contributed by atoms with Gasteiger partial charge in [-0.2, -0.15) is 13.2 Å². The molecule has 0 aliphatic carbocycles. The molecule has 8 heteroatoms. The number of aryl methyl sites for hydroxylation is 1. The number of ether oxygens (including phenoxy) is 1. The summed E-state index contributed by atoms with van der Waals surface area (Å²) in [6.07, 6.45) is -2.96. The van der Waals surface area contributed by atoms with Gasteiger partial charge in [0.1, 0.15) is 12.6 Å². The highest BCUT2D eigenvalue weighted by Gasteiger charge is 2.37. The van der Waals surface area contributed by atoms with Crippen molar-refractivity contribution in [1.29, 1.82) is 0 Å². The number of hydrogen-bond donors (Lipinski definition) is 0. The van der Waals surface area contributed by atoms with Gasteiger partial charge in [0.05, 0.1) is 5.69 Å². The highest BCUT2D eigenvalue weighted by atomic mass is 28.3. The first-order chi connectivity index (χ1) is 14.5. The Morgan fingerprint density at radius 3 is 2.16 bits per heavy atom. The van der Waals surface area contributed by atoms with Crippen molar-refractivity contribution in [1.82, 2.24) is 14.5 Å². The van der Waals surface area contributed by atoms with Gasteiger partial charge in [-0.25, -0.2) is 4.98 Å². The SMILES string of the molecule is Cc1ccc(-c2ccc(-c3nc(C(F)(F)F)c(C)n3COCC[Si](C)(C)C)cn2)cc1. The zero-order valence-electron chi connectivity index (χ0n) is 18.5. The van der Waals surface area contributed by atoms with Crippen LogP contribution >= 0.6 is 0 Å². The molecule has 0 unspecified atom stereocenters. The third-order valence-electron chi connectivity index (χ3n) is 5.08. The molecule has 0 saturated heterocycles. The summed E-state index contributed by atoms with van der Waals surface area (Å²) in [5, 5.41) is 0. The third kappa shape index (κ3) is 5.83. The molecule has 0 fully saturated rings. The van der Waals surface area contributed by atoms with Gasteiger partial charge in [-0.05, 0) is 32.0 Å². The summed E-state index contributed by atoms with van der Waals surface area (Å²) in [5.41, 5.74) is 2.51. The molecule has 0 aliphatic heterocycles. The molecule has 166 valence electrons. The maximum Gasteiger partial charge on any atom is 0.435 e. The van der Waals surface area contributed by atoms with Crippen molar-refractivity contribution >= 4 is 8.07 Å². The molecule has 2 aromatic heterocycles. The molecule has 2 heterocycles. The second kappa shape index (κ2) is 8.96. The minimum atomic E-state index is -4.53. The lowest BCUT2D eigenvalue weighted by atomic mass is 10.1. The van der Waals surface area contributed by atoms with E-state index >= 15 is 0 Å². The van der Waals surface area contributed by atoms with E-state index in [1.165, 1.54) is 11.5 Å². The molecule has 4 nitrogen and oxygen atoms in total. The topological polar surface area (TPSA) is 39.9 Å². The minimum absolute atomic E-state index is 0.0223. The summed E-state index contributed by atoms with van der Waals surface area (Å²) in [6, 6.07) is 12.4. The van der Waals surface area contributed by atoms with Crippen molar-refractivity contribution in [3.8, 4) is 22.6 Å². The van der Waals surface area contributed by atoms with Crippen LogP contribution in [0.25, 0.3) is 22.6 Å². The predicted molar refractivity (Wildman–Crippen MR) is 119 cm³/mol. The fraction of sp³-hybridized carbons (Fsp3) is 0.391. The lowest BCUT2D eigenvalue weighted by Crippen LogP contribution is -2.22. The molecular formula is C23H28F3N3OSi. The Balaban J connectivity index is 1.90. The molecule has 0 spiro atoms. The largest absolute Gasteiger partial charge is 0.435 e. The zero-order chi connectivity index (χ0) is 22.8. The van der Waals surface area contributed by atoms with Gasteiger partial charge in [-0.3, -0.25) is 4.98 Å². The van der Waals surface area contributed by atoms with E-state index in [4.69, 9.17) is 4.74 Å². The molecule has 3 aromatic rings. The maximum absolute atomic E-state index is 13.5. The van der Waals surface area contributed by atoms with Crippen molar-refractivity contribution in [3.63, 3.8) is 0 Å². The Bertz CT molecular complexity index is 1020. The average molecular weight is 448 g/mol. The maximum atomic E-state index is 13.5. The van der Waals surface area contributed by atoms with Crippen LogP contribution in [0.2, 0.25) is 25.7 Å². The van der Waals surface area contributed by atoms with Crippen LogP contribution in [0.4, 0.5) is 13.2 Å². The lowest BCUT2D eigenvalue weighted by Gasteiger charge is -2.17. The quantitative estimate of drug-likeness (QED) is 0.304. The van der Waals surface area contributed by atoms with E-state index in [2.05, 4.69) is 29.6 Å². The highest BCUT2D eigenvalue weighted by molar-refractivity contribution is 6.76. The van der Waals surface area contributed by atoms with E-state index in [-0.39, 0.29) is 18.2 Å². The van der Waals surface area contributed by atoms with Gasteiger partial charge in [0.2, 0.25) is 0 Å². The summed E-state index contributed by atoms with van der Waals surface area (Å²) >= 11 is 0. The van der Waals surface area contributed by atoms with Crippen molar-refractivity contribution in [2.45, 2.75) is 52.4 Å². The van der Waals surface area contributed by atoms with Crippen LogP contribution in [-0.2, 0) is 17.6 Å². The van der Waals surface area contributed by atoms with Gasteiger partial charge >= 0.3 is 6.18 Å². The van der Waals surface area contributed by atoms with Gasteiger partial charge in [0.15, 0.2) is 5.69 Å². The van der Waals surface area contributed by atoms with Crippen molar-refractivity contribution in [2.24, 2.45) is 0 Å². The molecule has 1 aromatic carbocycles. The summed E-state index contributed by atoms with van der Waals surface area (Å²) in [5.74, 6) is 0.209. The number of imidazole rings is 1. The van der Waals surface area contributed by atoms with Crippen molar-refractivity contribution < 1.29 is 17.9 Å². The van der Waals surface area contributed by atoms with Crippen LogP contribution < -0.4 is 0 Å².